The Kier molecular flexibility index (Phi) is 7.61. The summed E-state index contributed by atoms with van der Waals surface area (Å²) in [6.45, 7) is 4.64. The minimum Gasteiger partial charge on any atom is -0.379 e. The predicted molar refractivity (Wildman–Crippen MR) is 154 cm³/mol. The molecule has 2 saturated carbocycles. The van der Waals surface area contributed by atoms with Crippen molar-refractivity contribution in [1.29, 1.82) is 0 Å². The fourth-order valence-electron chi connectivity index (χ4n) is 4.46. The molecular weight excluding hydrogens is 480 g/mol. The Morgan fingerprint density at radius 2 is 1.73 bits per heavy atom. The second-order valence-electron chi connectivity index (χ2n) is 9.52. The molecule has 0 amide bonds. The van der Waals surface area contributed by atoms with Crippen LogP contribution in [0.15, 0.2) is 84.0 Å². The number of nitrogens with zero attached hydrogens (tertiary/aromatic N) is 2. The van der Waals surface area contributed by atoms with E-state index in [1.807, 2.05) is 44.2 Å². The number of fused-ring (bicyclic) bond motifs is 2. The molecule has 37 heavy (non-hydrogen) atoms. The van der Waals surface area contributed by atoms with Gasteiger partial charge in [0.25, 0.3) is 0 Å². The van der Waals surface area contributed by atoms with Gasteiger partial charge in [0, 0.05) is 40.8 Å². The zero-order chi connectivity index (χ0) is 25.8. The van der Waals surface area contributed by atoms with Crippen LogP contribution >= 0.6 is 11.6 Å². The molecule has 6 heteroatoms. The lowest BCUT2D eigenvalue weighted by atomic mass is 10.1. The van der Waals surface area contributed by atoms with Gasteiger partial charge in [-0.2, -0.15) is 0 Å². The maximum absolute atomic E-state index is 11.8. The van der Waals surface area contributed by atoms with E-state index in [2.05, 4.69) is 56.3 Å². The van der Waals surface area contributed by atoms with Crippen molar-refractivity contribution < 1.29 is 0 Å². The topological polar surface area (TPSA) is 62.2 Å². The Labute approximate surface area is 222 Å². The first-order valence-corrected chi connectivity index (χ1v) is 13.6. The van der Waals surface area contributed by atoms with Gasteiger partial charge < -0.3 is 14.7 Å². The lowest BCUT2D eigenvalue weighted by molar-refractivity contribution is 1.05. The summed E-state index contributed by atoms with van der Waals surface area (Å²) in [6.07, 6.45) is 11.3. The van der Waals surface area contributed by atoms with Crippen LogP contribution in [-0.2, 0) is 6.54 Å². The molecule has 7 rings (SSSR count). The zero-order valence-corrected chi connectivity index (χ0v) is 22.1. The Bertz CT molecular complexity index is 1560. The van der Waals surface area contributed by atoms with Crippen LogP contribution in [0.4, 0.5) is 5.69 Å². The van der Waals surface area contributed by atoms with Crippen molar-refractivity contribution in [2.24, 2.45) is 0 Å². The first-order chi connectivity index (χ1) is 18.1. The number of benzene rings is 2. The van der Waals surface area contributed by atoms with Gasteiger partial charge in [0.05, 0.1) is 17.8 Å². The molecule has 0 unspecified atom stereocenters. The SMILES string of the molecule is CC.Clc1cccc(C2CC2)c1.O=c1cc[nH]c2cc(NCc3cn4cc(C5CC5)ccc4n3)ccc12. The number of imidazole rings is 1. The van der Waals surface area contributed by atoms with Gasteiger partial charge >= 0.3 is 0 Å². The molecule has 0 bridgehead atoms. The molecule has 2 aliphatic carbocycles. The van der Waals surface area contributed by atoms with Crippen LogP contribution in [0.1, 0.15) is 68.2 Å². The van der Waals surface area contributed by atoms with Crippen LogP contribution in [-0.4, -0.2) is 14.4 Å². The molecule has 0 spiro atoms. The van der Waals surface area contributed by atoms with Crippen LogP contribution in [0.2, 0.25) is 5.02 Å². The summed E-state index contributed by atoms with van der Waals surface area (Å²) in [6, 6.07) is 19.7. The van der Waals surface area contributed by atoms with Crippen LogP contribution in [0.25, 0.3) is 16.6 Å². The summed E-state index contributed by atoms with van der Waals surface area (Å²) in [4.78, 5) is 19.6. The van der Waals surface area contributed by atoms with Crippen molar-refractivity contribution in [3.63, 3.8) is 0 Å². The molecule has 3 aromatic heterocycles. The number of halogens is 1. The second-order valence-corrected chi connectivity index (χ2v) is 9.96. The Hall–Kier alpha value is -3.57. The Morgan fingerprint density at radius 1 is 0.946 bits per heavy atom. The van der Waals surface area contributed by atoms with E-state index >= 15 is 0 Å². The van der Waals surface area contributed by atoms with E-state index in [9.17, 15) is 4.79 Å². The molecule has 5 aromatic rings. The summed E-state index contributed by atoms with van der Waals surface area (Å²) >= 11 is 5.82. The zero-order valence-electron chi connectivity index (χ0n) is 21.4. The van der Waals surface area contributed by atoms with Crippen molar-refractivity contribution in [2.45, 2.75) is 57.9 Å². The first kappa shape index (κ1) is 25.1. The van der Waals surface area contributed by atoms with Crippen molar-refractivity contribution in [2.75, 3.05) is 5.32 Å². The number of pyridine rings is 2. The average molecular weight is 513 g/mol. The van der Waals surface area contributed by atoms with Crippen molar-refractivity contribution >= 4 is 33.8 Å². The second kappa shape index (κ2) is 11.2. The summed E-state index contributed by atoms with van der Waals surface area (Å²) < 4.78 is 2.11. The third-order valence-corrected chi connectivity index (χ3v) is 6.94. The minimum absolute atomic E-state index is 0.0344. The van der Waals surface area contributed by atoms with E-state index in [-0.39, 0.29) is 5.43 Å². The van der Waals surface area contributed by atoms with Gasteiger partial charge in [-0.25, -0.2) is 4.98 Å². The molecule has 2 aromatic carbocycles. The highest BCUT2D eigenvalue weighted by Gasteiger charge is 2.24. The largest absolute Gasteiger partial charge is 0.379 e. The number of aromatic amines is 1. The highest BCUT2D eigenvalue weighted by atomic mass is 35.5. The molecule has 2 N–H and O–H groups in total. The highest BCUT2D eigenvalue weighted by Crippen LogP contribution is 2.41. The van der Waals surface area contributed by atoms with E-state index < -0.39 is 0 Å². The molecule has 2 fully saturated rings. The van der Waals surface area contributed by atoms with Gasteiger partial charge in [0.15, 0.2) is 5.43 Å². The monoisotopic (exact) mass is 512 g/mol. The summed E-state index contributed by atoms with van der Waals surface area (Å²) in [5, 5.41) is 4.95. The number of rotatable bonds is 5. The third kappa shape index (κ3) is 6.23. The Balaban J connectivity index is 0.000000195. The number of hydrogen-bond donors (Lipinski definition) is 2. The molecule has 0 atom stereocenters. The maximum atomic E-state index is 11.8. The standard InChI is InChI=1S/C20H18N4O.C9H9Cl.C2H6/c25-19-7-8-21-18-9-15(4-5-17(18)19)22-10-16-12-24-11-14(13-1-2-13)3-6-20(24)23-16;10-9-3-1-2-8(6-9)7-4-5-7;1-2/h3-9,11-13,22H,1-2,10H2,(H,21,25);1-3,6-7H,4-5H2;1-2H3. The van der Waals surface area contributed by atoms with Gasteiger partial charge in [-0.05, 0) is 85.0 Å². The van der Waals surface area contributed by atoms with Gasteiger partial charge in [-0.3, -0.25) is 4.79 Å². The Morgan fingerprint density at radius 3 is 2.49 bits per heavy atom. The van der Waals surface area contributed by atoms with Gasteiger partial charge in [-0.1, -0.05) is 43.6 Å². The first-order valence-electron chi connectivity index (χ1n) is 13.2. The van der Waals surface area contributed by atoms with Crippen molar-refractivity contribution in [1.82, 2.24) is 14.4 Å². The molecule has 190 valence electrons. The van der Waals surface area contributed by atoms with Crippen LogP contribution in [0, 0.1) is 0 Å². The third-order valence-electron chi connectivity index (χ3n) is 6.70. The fourth-order valence-corrected chi connectivity index (χ4v) is 4.66. The smallest absolute Gasteiger partial charge is 0.189 e. The molecule has 3 heterocycles. The fraction of sp³-hybridized carbons (Fsp3) is 0.290. The summed E-state index contributed by atoms with van der Waals surface area (Å²) in [5.41, 5.74) is 6.62. The number of anilines is 1. The predicted octanol–water partition coefficient (Wildman–Crippen LogP) is 7.91. The van der Waals surface area contributed by atoms with Crippen LogP contribution < -0.4 is 10.7 Å². The lowest BCUT2D eigenvalue weighted by Crippen LogP contribution is -2.02. The maximum Gasteiger partial charge on any atom is 0.189 e. The summed E-state index contributed by atoms with van der Waals surface area (Å²) in [7, 11) is 0. The van der Waals surface area contributed by atoms with E-state index in [0.29, 0.717) is 11.9 Å². The normalized spacial score (nSPS) is 14.5. The number of hydrogen-bond acceptors (Lipinski definition) is 3. The molecule has 5 nitrogen and oxygen atoms in total. The molecule has 0 aliphatic heterocycles. The molecule has 2 aliphatic rings. The quantitative estimate of drug-likeness (QED) is 0.251. The number of aromatic nitrogens is 3. The molecule has 0 radical (unpaired) electrons. The van der Waals surface area contributed by atoms with Crippen LogP contribution in [0.5, 0.6) is 0 Å². The van der Waals surface area contributed by atoms with Gasteiger partial charge in [0.1, 0.15) is 5.65 Å². The van der Waals surface area contributed by atoms with E-state index in [1.165, 1.54) is 36.8 Å². The van der Waals surface area contributed by atoms with Gasteiger partial charge in [0.2, 0.25) is 0 Å². The van der Waals surface area contributed by atoms with Gasteiger partial charge in [-0.15, -0.1) is 0 Å². The number of H-pyrrole nitrogens is 1. The van der Waals surface area contributed by atoms with E-state index in [0.717, 1.165) is 39.4 Å². The van der Waals surface area contributed by atoms with Crippen LogP contribution in [0.3, 0.4) is 0 Å². The average Bonchev–Trinajstić information content (AvgIpc) is 3.85. The lowest BCUT2D eigenvalue weighted by Gasteiger charge is -2.05. The van der Waals surface area contributed by atoms with E-state index in [4.69, 9.17) is 11.6 Å². The van der Waals surface area contributed by atoms with E-state index in [1.54, 1.807) is 12.3 Å². The highest BCUT2D eigenvalue weighted by molar-refractivity contribution is 6.30. The minimum atomic E-state index is 0.0344. The van der Waals surface area contributed by atoms with Crippen molar-refractivity contribution in [3.8, 4) is 0 Å². The van der Waals surface area contributed by atoms with Crippen molar-refractivity contribution in [3.05, 3.63) is 111 Å². The molecular formula is C31H33ClN4O. The molecule has 0 saturated heterocycles. The number of nitrogens with one attached hydrogen (secondary N) is 2. The summed E-state index contributed by atoms with van der Waals surface area (Å²) in [5.74, 6) is 1.56.